The van der Waals surface area contributed by atoms with E-state index in [4.69, 9.17) is 15.8 Å². The normalized spacial score (nSPS) is 11.2. The lowest BCUT2D eigenvalue weighted by Gasteiger charge is -2.08. The van der Waals surface area contributed by atoms with Crippen LogP contribution in [-0.2, 0) is 10.1 Å². The van der Waals surface area contributed by atoms with Crippen molar-refractivity contribution in [1.82, 2.24) is 0 Å². The van der Waals surface area contributed by atoms with Crippen molar-refractivity contribution in [2.45, 2.75) is 11.8 Å². The summed E-state index contributed by atoms with van der Waals surface area (Å²) in [6, 6.07) is 8.76. The summed E-state index contributed by atoms with van der Waals surface area (Å²) in [7, 11) is -4.35. The Morgan fingerprint density at radius 2 is 1.90 bits per heavy atom. The van der Waals surface area contributed by atoms with Gasteiger partial charge in [0, 0.05) is 10.6 Å². The van der Waals surface area contributed by atoms with Gasteiger partial charge in [-0.15, -0.1) is 0 Å². The number of benzene rings is 2. The van der Waals surface area contributed by atoms with E-state index in [2.05, 4.69) is 0 Å². The van der Waals surface area contributed by atoms with Crippen LogP contribution in [0, 0.1) is 5.82 Å². The van der Waals surface area contributed by atoms with Crippen molar-refractivity contribution in [2.24, 2.45) is 0 Å². The fourth-order valence-corrected chi connectivity index (χ4v) is 2.75. The SMILES string of the molecule is CC(=O)c1cccc(OS(=O)(=O)c2ccc(Cl)cc2F)c1. The molecule has 0 atom stereocenters. The van der Waals surface area contributed by atoms with E-state index in [0.717, 1.165) is 12.1 Å². The molecule has 0 aliphatic rings. The van der Waals surface area contributed by atoms with E-state index in [-0.39, 0.29) is 16.6 Å². The molecule has 0 aromatic heterocycles. The number of carbonyl (C=O) groups is 1. The molecule has 7 heteroatoms. The lowest BCUT2D eigenvalue weighted by Crippen LogP contribution is -2.12. The van der Waals surface area contributed by atoms with E-state index in [1.807, 2.05) is 0 Å². The summed E-state index contributed by atoms with van der Waals surface area (Å²) < 4.78 is 42.5. The van der Waals surface area contributed by atoms with Gasteiger partial charge < -0.3 is 4.18 Å². The fourth-order valence-electron chi connectivity index (χ4n) is 1.62. The topological polar surface area (TPSA) is 60.4 Å². The summed E-state index contributed by atoms with van der Waals surface area (Å²) >= 11 is 5.57. The van der Waals surface area contributed by atoms with Gasteiger partial charge in [-0.25, -0.2) is 4.39 Å². The molecule has 0 bridgehead atoms. The van der Waals surface area contributed by atoms with Gasteiger partial charge in [-0.3, -0.25) is 4.79 Å². The third kappa shape index (κ3) is 3.59. The van der Waals surface area contributed by atoms with E-state index >= 15 is 0 Å². The minimum absolute atomic E-state index is 0.0722. The van der Waals surface area contributed by atoms with Crippen LogP contribution in [0.25, 0.3) is 0 Å². The molecule has 2 rings (SSSR count). The van der Waals surface area contributed by atoms with Gasteiger partial charge >= 0.3 is 10.1 Å². The van der Waals surface area contributed by atoms with Crippen molar-refractivity contribution in [1.29, 1.82) is 0 Å². The molecule has 0 spiro atoms. The molecule has 0 aliphatic carbocycles. The first-order chi connectivity index (χ1) is 9.79. The molecule has 110 valence electrons. The molecule has 21 heavy (non-hydrogen) atoms. The molecular weight excluding hydrogens is 319 g/mol. The van der Waals surface area contributed by atoms with Gasteiger partial charge in [-0.2, -0.15) is 8.42 Å². The van der Waals surface area contributed by atoms with Crippen molar-refractivity contribution in [3.63, 3.8) is 0 Å². The lowest BCUT2D eigenvalue weighted by molar-refractivity contribution is 0.101. The number of ketones is 1. The minimum atomic E-state index is -4.35. The first kappa shape index (κ1) is 15.5. The lowest BCUT2D eigenvalue weighted by atomic mass is 10.1. The van der Waals surface area contributed by atoms with Crippen molar-refractivity contribution < 1.29 is 21.8 Å². The largest absolute Gasteiger partial charge is 0.379 e. The summed E-state index contributed by atoms with van der Waals surface area (Å²) in [5, 5.41) is 0.0741. The third-order valence-corrected chi connectivity index (χ3v) is 4.13. The van der Waals surface area contributed by atoms with Crippen molar-refractivity contribution in [2.75, 3.05) is 0 Å². The van der Waals surface area contributed by atoms with Gasteiger partial charge in [0.1, 0.15) is 16.5 Å². The quantitative estimate of drug-likeness (QED) is 0.637. The molecule has 2 aromatic carbocycles. The first-order valence-electron chi connectivity index (χ1n) is 5.80. The van der Waals surface area contributed by atoms with Crippen LogP contribution in [-0.4, -0.2) is 14.2 Å². The average molecular weight is 329 g/mol. The summed E-state index contributed by atoms with van der Waals surface area (Å²) in [6.07, 6.45) is 0. The smallest absolute Gasteiger partial charge is 0.342 e. The third-order valence-electron chi connectivity index (χ3n) is 2.61. The molecular formula is C14H10ClFO4S. The van der Waals surface area contributed by atoms with Crippen LogP contribution >= 0.6 is 11.6 Å². The van der Waals surface area contributed by atoms with Crippen LogP contribution in [0.1, 0.15) is 17.3 Å². The van der Waals surface area contributed by atoms with Crippen molar-refractivity contribution >= 4 is 27.5 Å². The molecule has 2 aromatic rings. The Bertz CT molecular complexity index is 802. The van der Waals surface area contributed by atoms with E-state index in [1.165, 1.54) is 37.3 Å². The van der Waals surface area contributed by atoms with Crippen LogP contribution in [0.3, 0.4) is 0 Å². The van der Waals surface area contributed by atoms with Crippen LogP contribution in [0.15, 0.2) is 47.4 Å². The second-order valence-electron chi connectivity index (χ2n) is 4.20. The van der Waals surface area contributed by atoms with Crippen molar-refractivity contribution in [3.8, 4) is 5.75 Å². The summed E-state index contributed by atoms with van der Waals surface area (Å²) in [4.78, 5) is 10.6. The van der Waals surface area contributed by atoms with Gasteiger partial charge in [0.15, 0.2) is 5.78 Å². The number of carbonyl (C=O) groups excluding carboxylic acids is 1. The highest BCUT2D eigenvalue weighted by Crippen LogP contribution is 2.23. The van der Waals surface area contributed by atoms with Gasteiger partial charge in [-0.05, 0) is 37.3 Å². The van der Waals surface area contributed by atoms with Crippen LogP contribution in [0.5, 0.6) is 5.75 Å². The molecule has 0 aliphatic heterocycles. The Kier molecular flexibility index (Phi) is 4.29. The summed E-state index contributed by atoms with van der Waals surface area (Å²) in [5.74, 6) is -1.32. The van der Waals surface area contributed by atoms with E-state index in [9.17, 15) is 17.6 Å². The van der Waals surface area contributed by atoms with Gasteiger partial charge in [0.05, 0.1) is 0 Å². The minimum Gasteiger partial charge on any atom is -0.379 e. The predicted molar refractivity (Wildman–Crippen MR) is 75.7 cm³/mol. The van der Waals surface area contributed by atoms with Gasteiger partial charge in [-0.1, -0.05) is 23.7 Å². The monoisotopic (exact) mass is 328 g/mol. The van der Waals surface area contributed by atoms with E-state index < -0.39 is 20.8 Å². The highest BCUT2D eigenvalue weighted by atomic mass is 35.5. The molecule has 0 amide bonds. The first-order valence-corrected chi connectivity index (χ1v) is 7.59. The number of hydrogen-bond acceptors (Lipinski definition) is 4. The molecule has 0 saturated carbocycles. The zero-order chi connectivity index (χ0) is 15.6. The van der Waals surface area contributed by atoms with Gasteiger partial charge in [0.25, 0.3) is 0 Å². The second kappa shape index (κ2) is 5.83. The zero-order valence-electron chi connectivity index (χ0n) is 10.8. The Balaban J connectivity index is 2.37. The van der Waals surface area contributed by atoms with Crippen molar-refractivity contribution in [3.05, 3.63) is 58.9 Å². The maximum Gasteiger partial charge on any atom is 0.342 e. The maximum absolute atomic E-state index is 13.7. The maximum atomic E-state index is 13.7. The molecule has 0 heterocycles. The number of Topliss-reactive ketones (excluding diaryl/α,β-unsaturated/α-hetero) is 1. The molecule has 0 unspecified atom stereocenters. The fraction of sp³-hybridized carbons (Fsp3) is 0.0714. The van der Waals surface area contributed by atoms with E-state index in [1.54, 1.807) is 0 Å². The van der Waals surface area contributed by atoms with Crippen LogP contribution in [0.4, 0.5) is 4.39 Å². The number of halogens is 2. The predicted octanol–water partition coefficient (Wildman–Crippen LogP) is 3.45. The zero-order valence-corrected chi connectivity index (χ0v) is 12.4. The molecule has 0 fully saturated rings. The molecule has 0 saturated heterocycles. The molecule has 0 radical (unpaired) electrons. The number of rotatable bonds is 4. The standard InChI is InChI=1S/C14H10ClFO4S/c1-9(17)10-3-2-4-12(7-10)20-21(18,19)14-6-5-11(15)8-13(14)16/h2-8H,1H3. The second-order valence-corrected chi connectivity index (χ2v) is 6.15. The van der Waals surface area contributed by atoms with Crippen LogP contribution < -0.4 is 4.18 Å². The Labute approximate surface area is 126 Å². The molecule has 0 N–H and O–H groups in total. The average Bonchev–Trinajstić information content (AvgIpc) is 2.37. The number of hydrogen-bond donors (Lipinski definition) is 0. The summed E-state index contributed by atoms with van der Waals surface area (Å²) in [6.45, 7) is 1.34. The van der Waals surface area contributed by atoms with Crippen LogP contribution in [0.2, 0.25) is 5.02 Å². The Morgan fingerprint density at radius 1 is 1.19 bits per heavy atom. The molecule has 4 nitrogen and oxygen atoms in total. The highest BCUT2D eigenvalue weighted by Gasteiger charge is 2.22. The summed E-state index contributed by atoms with van der Waals surface area (Å²) in [5.41, 5.74) is 0.291. The Hall–Kier alpha value is -1.92. The Morgan fingerprint density at radius 3 is 2.52 bits per heavy atom. The van der Waals surface area contributed by atoms with E-state index in [0.29, 0.717) is 5.56 Å². The van der Waals surface area contributed by atoms with Gasteiger partial charge in [0.2, 0.25) is 0 Å². The highest BCUT2D eigenvalue weighted by molar-refractivity contribution is 7.87.